The van der Waals surface area contributed by atoms with Crippen LogP contribution < -0.4 is 5.32 Å². The Morgan fingerprint density at radius 2 is 1.45 bits per heavy atom. The number of ketones is 1. The summed E-state index contributed by atoms with van der Waals surface area (Å²) in [5.74, 6) is -5.10. The second-order valence-electron chi connectivity index (χ2n) is 16.9. The number of nitrogens with one attached hydrogen (secondary N) is 1. The number of benzene rings is 3. The number of hydrogen-bond acceptors (Lipinski definition) is 10. The van der Waals surface area contributed by atoms with Gasteiger partial charge in [-0.1, -0.05) is 94.4 Å². The second kappa shape index (κ2) is 14.4. The highest BCUT2D eigenvalue weighted by molar-refractivity contribution is 5.95. The van der Waals surface area contributed by atoms with Crippen molar-refractivity contribution in [2.75, 3.05) is 6.61 Å². The van der Waals surface area contributed by atoms with Gasteiger partial charge >= 0.3 is 11.9 Å². The Bertz CT molecular complexity index is 2030. The van der Waals surface area contributed by atoms with E-state index in [9.17, 15) is 34.5 Å². The quantitative estimate of drug-likeness (QED) is 0.178. The fraction of sp³-hybridized carbons (Fsp3) is 0.467. The van der Waals surface area contributed by atoms with E-state index in [1.54, 1.807) is 120 Å². The summed E-state index contributed by atoms with van der Waals surface area (Å²) in [6, 6.07) is 25.1. The van der Waals surface area contributed by atoms with Crippen LogP contribution in [0.1, 0.15) is 86.7 Å². The minimum atomic E-state index is -2.11. The summed E-state index contributed by atoms with van der Waals surface area (Å²) < 4.78 is 18.5. The number of Topliss-reactive ketones (excluding diaryl/α,β-unsaturated/α-hetero) is 1. The third-order valence-corrected chi connectivity index (χ3v) is 13.7. The van der Waals surface area contributed by atoms with Gasteiger partial charge in [0.25, 0.3) is 5.91 Å². The minimum Gasteiger partial charge on any atom is -0.457 e. The van der Waals surface area contributed by atoms with Crippen LogP contribution in [0.15, 0.2) is 102 Å². The molecule has 2 bridgehead atoms. The third kappa shape index (κ3) is 6.11. The minimum absolute atomic E-state index is 0.158. The number of fused-ring (bicyclic) bond motifs is 5. The Labute approximate surface area is 327 Å². The van der Waals surface area contributed by atoms with Crippen molar-refractivity contribution in [1.29, 1.82) is 0 Å². The summed E-state index contributed by atoms with van der Waals surface area (Å²) in [7, 11) is 0. The van der Waals surface area contributed by atoms with Crippen LogP contribution in [0.5, 0.6) is 0 Å². The van der Waals surface area contributed by atoms with Gasteiger partial charge in [-0.2, -0.15) is 0 Å². The first kappa shape index (κ1) is 39.6. The van der Waals surface area contributed by atoms with Gasteiger partial charge in [0.2, 0.25) is 0 Å². The van der Waals surface area contributed by atoms with Gasteiger partial charge in [0, 0.05) is 28.7 Å². The van der Waals surface area contributed by atoms with E-state index in [0.29, 0.717) is 23.1 Å². The van der Waals surface area contributed by atoms with E-state index < -0.39 is 88.0 Å². The molecule has 11 heteroatoms. The summed E-state index contributed by atoms with van der Waals surface area (Å²) in [6.07, 6.45) is -5.18. The number of aliphatic hydroxyl groups excluding tert-OH is 1. The maximum atomic E-state index is 14.9. The molecule has 8 unspecified atom stereocenters. The van der Waals surface area contributed by atoms with Crippen molar-refractivity contribution in [3.05, 3.63) is 119 Å². The third-order valence-electron chi connectivity index (χ3n) is 13.7. The lowest BCUT2D eigenvalue weighted by Gasteiger charge is -2.67. The second-order valence-corrected chi connectivity index (χ2v) is 16.9. The van der Waals surface area contributed by atoms with Crippen LogP contribution in [0.25, 0.3) is 0 Å². The zero-order valence-corrected chi connectivity index (χ0v) is 32.6. The first-order chi connectivity index (χ1) is 26.5. The van der Waals surface area contributed by atoms with Gasteiger partial charge in [-0.05, 0) is 67.2 Å². The number of carbonyl (C=O) groups is 4. The van der Waals surface area contributed by atoms with Gasteiger partial charge < -0.3 is 34.8 Å². The zero-order chi connectivity index (χ0) is 40.4. The SMILES string of the molecule is CC1=C2C(O)C(=O)[C@@]3(C)C(C(OC(=O)c4ccccc4)C(O)(CC1OC(=O)[C@H](C)C(NC(=O)c1ccccc1)c1ccccc1)C2(C)C)C1(O)COC1C[C@@H]3C. The van der Waals surface area contributed by atoms with Crippen LogP contribution in [0.4, 0.5) is 0 Å². The molecule has 3 aromatic carbocycles. The van der Waals surface area contributed by atoms with Crippen molar-refractivity contribution in [3.8, 4) is 0 Å². The van der Waals surface area contributed by atoms with E-state index in [4.69, 9.17) is 14.2 Å². The molecule has 0 spiro atoms. The Balaban J connectivity index is 1.31. The van der Waals surface area contributed by atoms with Crippen LogP contribution in [-0.2, 0) is 23.8 Å². The highest BCUT2D eigenvalue weighted by Gasteiger charge is 2.75. The van der Waals surface area contributed by atoms with E-state index in [1.807, 2.05) is 13.0 Å². The maximum absolute atomic E-state index is 14.9. The summed E-state index contributed by atoms with van der Waals surface area (Å²) >= 11 is 0. The Morgan fingerprint density at radius 1 is 0.875 bits per heavy atom. The van der Waals surface area contributed by atoms with Crippen molar-refractivity contribution in [2.24, 2.45) is 28.6 Å². The molecule has 11 nitrogen and oxygen atoms in total. The molecular weight excluding hydrogens is 714 g/mol. The van der Waals surface area contributed by atoms with Gasteiger partial charge in [0.15, 0.2) is 5.78 Å². The predicted octanol–water partition coefficient (Wildman–Crippen LogP) is 5.14. The number of amides is 1. The Morgan fingerprint density at radius 3 is 2.02 bits per heavy atom. The molecule has 4 aliphatic rings. The van der Waals surface area contributed by atoms with E-state index >= 15 is 0 Å². The molecule has 3 aromatic rings. The summed E-state index contributed by atoms with van der Waals surface area (Å²) in [5, 5.41) is 41.1. The van der Waals surface area contributed by atoms with Crippen LogP contribution in [0.2, 0.25) is 0 Å². The van der Waals surface area contributed by atoms with Crippen molar-refractivity contribution < 1.29 is 48.7 Å². The normalized spacial score (nSPS) is 34.3. The summed E-state index contributed by atoms with van der Waals surface area (Å²) in [5.41, 5.74) is -4.93. The lowest BCUT2D eigenvalue weighted by atomic mass is 9.43. The molecular formula is C45H51NO10. The predicted molar refractivity (Wildman–Crippen MR) is 205 cm³/mol. The van der Waals surface area contributed by atoms with Crippen molar-refractivity contribution in [2.45, 2.75) is 96.0 Å². The average molecular weight is 766 g/mol. The zero-order valence-electron chi connectivity index (χ0n) is 32.6. The summed E-state index contributed by atoms with van der Waals surface area (Å²) in [4.78, 5) is 56.7. The Hall–Kier alpha value is -4.68. The molecule has 1 amide bonds. The Kier molecular flexibility index (Phi) is 10.1. The highest BCUT2D eigenvalue weighted by Crippen LogP contribution is 2.64. The smallest absolute Gasteiger partial charge is 0.338 e. The van der Waals surface area contributed by atoms with Crippen LogP contribution in [-0.4, -0.2) is 81.2 Å². The standard InChI is InChI=1S/C45H51NO10/c1-25-22-32-44(52,24-54-32)36-38(56-41(51)30-20-14-9-15-21-30)45(53)23-31(26(2)33(42(45,4)5)35(47)37(48)43(25,36)6)55-40(50)27(3)34(28-16-10-7-11-17-28)46-39(49)29-18-12-8-13-19-29/h7-21,25,27,31-32,34-36,38,47,52-53H,22-24H2,1-6H3,(H,46,49)/t25-,27+,31?,32?,34?,35?,36?,38?,43+,44?,45?/m0/s1. The monoisotopic (exact) mass is 765 g/mol. The van der Waals surface area contributed by atoms with Crippen molar-refractivity contribution >= 4 is 23.6 Å². The molecule has 4 N–H and O–H groups in total. The average Bonchev–Trinajstić information content (AvgIpc) is 3.19. The van der Waals surface area contributed by atoms with Crippen LogP contribution in [0.3, 0.4) is 0 Å². The molecule has 1 saturated heterocycles. The lowest BCUT2D eigenvalue weighted by molar-refractivity contribution is -0.337. The van der Waals surface area contributed by atoms with Gasteiger partial charge in [0.1, 0.15) is 29.5 Å². The number of ether oxygens (including phenoxy) is 3. The fourth-order valence-corrected chi connectivity index (χ4v) is 10.0. The first-order valence-electron chi connectivity index (χ1n) is 19.3. The van der Waals surface area contributed by atoms with Crippen molar-refractivity contribution in [1.82, 2.24) is 5.32 Å². The number of hydrogen-bond donors (Lipinski definition) is 4. The lowest BCUT2D eigenvalue weighted by Crippen LogP contribution is -2.80. The van der Waals surface area contributed by atoms with E-state index in [-0.39, 0.29) is 30.1 Å². The molecule has 3 fully saturated rings. The first-order valence-corrected chi connectivity index (χ1v) is 19.3. The molecule has 0 radical (unpaired) electrons. The van der Waals surface area contributed by atoms with Crippen LogP contribution >= 0.6 is 0 Å². The number of esters is 2. The molecule has 56 heavy (non-hydrogen) atoms. The number of aliphatic hydroxyl groups is 3. The van der Waals surface area contributed by atoms with Gasteiger partial charge in [0.05, 0.1) is 30.2 Å². The molecule has 7 rings (SSSR count). The van der Waals surface area contributed by atoms with Gasteiger partial charge in [-0.25, -0.2) is 4.79 Å². The number of rotatable bonds is 8. The molecule has 1 aliphatic heterocycles. The highest BCUT2D eigenvalue weighted by atomic mass is 16.6. The largest absolute Gasteiger partial charge is 0.457 e. The summed E-state index contributed by atoms with van der Waals surface area (Å²) in [6.45, 7) is 9.99. The van der Waals surface area contributed by atoms with Gasteiger partial charge in [-0.3, -0.25) is 14.4 Å². The van der Waals surface area contributed by atoms with Crippen molar-refractivity contribution in [3.63, 3.8) is 0 Å². The fourth-order valence-electron chi connectivity index (χ4n) is 10.0. The maximum Gasteiger partial charge on any atom is 0.338 e. The molecule has 0 aromatic heterocycles. The van der Waals surface area contributed by atoms with Gasteiger partial charge in [-0.15, -0.1) is 0 Å². The number of carbonyl (C=O) groups excluding carboxylic acids is 4. The topological polar surface area (TPSA) is 169 Å². The molecule has 11 atom stereocenters. The van der Waals surface area contributed by atoms with E-state index in [2.05, 4.69) is 5.32 Å². The molecule has 1 heterocycles. The van der Waals surface area contributed by atoms with E-state index in [1.165, 1.54) is 0 Å². The van der Waals surface area contributed by atoms with E-state index in [0.717, 1.165) is 0 Å². The van der Waals surface area contributed by atoms with Crippen LogP contribution in [0, 0.1) is 28.6 Å². The molecule has 2 saturated carbocycles. The molecule has 296 valence electrons. The molecule has 3 aliphatic carbocycles.